The van der Waals surface area contributed by atoms with Gasteiger partial charge in [0, 0.05) is 18.2 Å². The molecule has 1 fully saturated rings. The number of fused-ring (bicyclic) bond motifs is 5. The summed E-state index contributed by atoms with van der Waals surface area (Å²) in [7, 11) is 0. The summed E-state index contributed by atoms with van der Waals surface area (Å²) in [4.78, 5) is 13.5. The van der Waals surface area contributed by atoms with Crippen LogP contribution in [0, 0.1) is 12.7 Å². The molecule has 8 heteroatoms. The van der Waals surface area contributed by atoms with Crippen LogP contribution in [-0.4, -0.2) is 24.7 Å². The molecule has 4 rings (SSSR count). The molecule has 1 amide bonds. The Morgan fingerprint density at radius 1 is 1.21 bits per heavy atom. The molecule has 0 aromatic heterocycles. The first kappa shape index (κ1) is 18.6. The van der Waals surface area contributed by atoms with Crippen molar-refractivity contribution in [2.45, 2.75) is 38.0 Å². The molecule has 0 radical (unpaired) electrons. The third kappa shape index (κ3) is 3.16. The van der Waals surface area contributed by atoms with Crippen LogP contribution in [0.15, 0.2) is 36.4 Å². The lowest BCUT2D eigenvalue weighted by atomic mass is 9.89. The molecule has 28 heavy (non-hydrogen) atoms. The van der Waals surface area contributed by atoms with Crippen molar-refractivity contribution in [3.05, 3.63) is 53.3 Å². The number of alkyl halides is 3. The van der Waals surface area contributed by atoms with Gasteiger partial charge in [0.25, 0.3) is 0 Å². The van der Waals surface area contributed by atoms with Gasteiger partial charge in [0.2, 0.25) is 0 Å². The summed E-state index contributed by atoms with van der Waals surface area (Å²) in [6, 6.07) is 8.30. The highest BCUT2D eigenvalue weighted by atomic mass is 19.4. The summed E-state index contributed by atoms with van der Waals surface area (Å²) >= 11 is 0. The summed E-state index contributed by atoms with van der Waals surface area (Å²) in [6.07, 6.45) is -3.98. The second-order valence-corrected chi connectivity index (χ2v) is 7.07. The standard InChI is InChI=1S/C20H18F4N2O2/c1-11-9-12(21)10-16-17(11)26-8-4-6-14(25-19(27)20(22,23)24)18(26)13-5-2-3-7-15(13)28-16/h2-3,5,7,9-10,14,18H,4,6,8H2,1H3,(H,25,27)/t14-,18-/m0/s1. The number of hydrogen-bond acceptors (Lipinski definition) is 3. The lowest BCUT2D eigenvalue weighted by molar-refractivity contribution is -0.174. The molecule has 0 spiro atoms. The molecule has 0 saturated carbocycles. The van der Waals surface area contributed by atoms with Gasteiger partial charge in [-0.25, -0.2) is 4.39 Å². The molecule has 0 unspecified atom stereocenters. The fraction of sp³-hybridized carbons (Fsp3) is 0.350. The van der Waals surface area contributed by atoms with Crippen molar-refractivity contribution in [1.82, 2.24) is 5.32 Å². The van der Waals surface area contributed by atoms with Gasteiger partial charge in [-0.1, -0.05) is 18.2 Å². The predicted octanol–water partition coefficient (Wildman–Crippen LogP) is 4.63. The minimum Gasteiger partial charge on any atom is -0.455 e. The van der Waals surface area contributed by atoms with E-state index in [0.29, 0.717) is 47.7 Å². The highest BCUT2D eigenvalue weighted by Gasteiger charge is 2.44. The zero-order valence-electron chi connectivity index (χ0n) is 15.0. The molecule has 4 nitrogen and oxygen atoms in total. The third-order valence-corrected chi connectivity index (χ3v) is 5.18. The van der Waals surface area contributed by atoms with Crippen molar-refractivity contribution in [3.8, 4) is 11.5 Å². The highest BCUT2D eigenvalue weighted by Crippen LogP contribution is 2.49. The van der Waals surface area contributed by atoms with E-state index in [4.69, 9.17) is 4.74 Å². The Hall–Kier alpha value is -2.77. The number of ether oxygens (including phenoxy) is 1. The summed E-state index contributed by atoms with van der Waals surface area (Å²) in [5.74, 6) is -1.66. The number of rotatable bonds is 1. The molecule has 0 bridgehead atoms. The largest absolute Gasteiger partial charge is 0.471 e. The number of carbonyl (C=O) groups excluding carboxylic acids is 1. The molecule has 2 atom stereocenters. The summed E-state index contributed by atoms with van der Waals surface area (Å²) in [6.45, 7) is 2.29. The molecule has 2 aliphatic rings. The van der Waals surface area contributed by atoms with Gasteiger partial charge in [-0.2, -0.15) is 13.2 Å². The van der Waals surface area contributed by atoms with Gasteiger partial charge in [0.05, 0.1) is 17.8 Å². The van der Waals surface area contributed by atoms with E-state index in [1.807, 2.05) is 4.90 Å². The Labute approximate surface area is 159 Å². The number of para-hydroxylation sites is 1. The molecule has 2 aromatic rings. The molecular formula is C20H18F4N2O2. The van der Waals surface area contributed by atoms with Crippen LogP contribution in [0.4, 0.5) is 23.2 Å². The van der Waals surface area contributed by atoms with Crippen LogP contribution in [0.3, 0.4) is 0 Å². The number of benzene rings is 2. The van der Waals surface area contributed by atoms with Crippen molar-refractivity contribution in [2.24, 2.45) is 0 Å². The molecule has 1 N–H and O–H groups in total. The minimum atomic E-state index is -4.96. The number of halogens is 4. The quantitative estimate of drug-likeness (QED) is 0.718. The molecule has 148 valence electrons. The molecule has 2 aromatic carbocycles. The topological polar surface area (TPSA) is 41.6 Å². The maximum Gasteiger partial charge on any atom is 0.471 e. The van der Waals surface area contributed by atoms with E-state index < -0.39 is 30.0 Å². The average molecular weight is 394 g/mol. The van der Waals surface area contributed by atoms with Gasteiger partial charge in [0.1, 0.15) is 11.6 Å². The van der Waals surface area contributed by atoms with Gasteiger partial charge in [-0.3, -0.25) is 4.79 Å². The lowest BCUT2D eigenvalue weighted by Gasteiger charge is -2.43. The molecule has 0 aliphatic carbocycles. The van der Waals surface area contributed by atoms with E-state index in [9.17, 15) is 22.4 Å². The fourth-order valence-corrected chi connectivity index (χ4v) is 4.12. The van der Waals surface area contributed by atoms with Gasteiger partial charge in [0.15, 0.2) is 5.75 Å². The monoisotopic (exact) mass is 394 g/mol. The Kier molecular flexibility index (Phi) is 4.44. The van der Waals surface area contributed by atoms with Crippen LogP contribution in [0.2, 0.25) is 0 Å². The zero-order valence-corrected chi connectivity index (χ0v) is 15.0. The Bertz CT molecular complexity index is 929. The van der Waals surface area contributed by atoms with Crippen LogP contribution in [0.25, 0.3) is 0 Å². The maximum absolute atomic E-state index is 14.0. The molecule has 2 aliphatic heterocycles. The SMILES string of the molecule is Cc1cc(F)cc2c1N1CCC[C@H](NC(=O)C(F)(F)F)[C@@H]1c1ccccc1O2. The number of hydrogen-bond donors (Lipinski definition) is 1. The van der Waals surface area contributed by atoms with E-state index in [0.717, 1.165) is 0 Å². The molecule has 1 saturated heterocycles. The van der Waals surface area contributed by atoms with E-state index in [1.54, 1.807) is 31.2 Å². The molecule has 2 heterocycles. The average Bonchev–Trinajstić information content (AvgIpc) is 2.75. The maximum atomic E-state index is 14.0. The van der Waals surface area contributed by atoms with E-state index in [1.165, 1.54) is 12.1 Å². The lowest BCUT2D eigenvalue weighted by Crippen LogP contribution is -2.52. The van der Waals surface area contributed by atoms with Crippen LogP contribution in [-0.2, 0) is 4.79 Å². The van der Waals surface area contributed by atoms with Crippen LogP contribution >= 0.6 is 0 Å². The van der Waals surface area contributed by atoms with Crippen molar-refractivity contribution in [2.75, 3.05) is 11.4 Å². The van der Waals surface area contributed by atoms with Crippen LogP contribution < -0.4 is 15.0 Å². The van der Waals surface area contributed by atoms with E-state index >= 15 is 0 Å². The minimum absolute atomic E-state index is 0.315. The van der Waals surface area contributed by atoms with E-state index in [2.05, 4.69) is 5.32 Å². The van der Waals surface area contributed by atoms with Crippen molar-refractivity contribution < 1.29 is 27.1 Å². The number of anilines is 1. The number of carbonyl (C=O) groups is 1. The second kappa shape index (κ2) is 6.68. The fourth-order valence-electron chi connectivity index (χ4n) is 4.12. The van der Waals surface area contributed by atoms with Crippen molar-refractivity contribution in [1.29, 1.82) is 0 Å². The van der Waals surface area contributed by atoms with Gasteiger partial charge < -0.3 is 15.0 Å². The first-order chi connectivity index (χ1) is 13.3. The number of nitrogens with zero attached hydrogens (tertiary/aromatic N) is 1. The van der Waals surface area contributed by atoms with Crippen molar-refractivity contribution in [3.63, 3.8) is 0 Å². The second-order valence-electron chi connectivity index (χ2n) is 7.07. The number of piperidine rings is 1. The van der Waals surface area contributed by atoms with Gasteiger partial charge >= 0.3 is 12.1 Å². The first-order valence-corrected chi connectivity index (χ1v) is 8.97. The Balaban J connectivity index is 1.84. The first-order valence-electron chi connectivity index (χ1n) is 8.97. The van der Waals surface area contributed by atoms with Crippen LogP contribution in [0.5, 0.6) is 11.5 Å². The van der Waals surface area contributed by atoms with Crippen molar-refractivity contribution >= 4 is 11.6 Å². The highest BCUT2D eigenvalue weighted by molar-refractivity contribution is 5.82. The Morgan fingerprint density at radius 2 is 1.96 bits per heavy atom. The number of amides is 1. The number of nitrogens with one attached hydrogen (secondary N) is 1. The normalized spacial score (nSPS) is 21.0. The smallest absolute Gasteiger partial charge is 0.455 e. The van der Waals surface area contributed by atoms with E-state index in [-0.39, 0.29) is 0 Å². The predicted molar refractivity (Wildman–Crippen MR) is 95.0 cm³/mol. The molecular weight excluding hydrogens is 376 g/mol. The summed E-state index contributed by atoms with van der Waals surface area (Å²) in [5, 5.41) is 2.15. The Morgan fingerprint density at radius 3 is 2.71 bits per heavy atom. The van der Waals surface area contributed by atoms with Gasteiger partial charge in [-0.15, -0.1) is 0 Å². The summed E-state index contributed by atoms with van der Waals surface area (Å²) in [5.41, 5.74) is 1.91. The zero-order chi connectivity index (χ0) is 20.1. The van der Waals surface area contributed by atoms with Crippen LogP contribution in [0.1, 0.15) is 30.0 Å². The van der Waals surface area contributed by atoms with Gasteiger partial charge in [-0.05, 0) is 37.5 Å². The third-order valence-electron chi connectivity index (χ3n) is 5.18. The number of aryl methyl sites for hydroxylation is 1. The summed E-state index contributed by atoms with van der Waals surface area (Å²) < 4.78 is 58.5.